The second-order valence-corrected chi connectivity index (χ2v) is 5.35. The molecular formula is C15H19FN2O3. The third-order valence-electron chi connectivity index (χ3n) is 3.83. The van der Waals surface area contributed by atoms with Gasteiger partial charge in [0.1, 0.15) is 5.82 Å². The highest BCUT2D eigenvalue weighted by atomic mass is 19.1. The van der Waals surface area contributed by atoms with Crippen LogP contribution in [-0.4, -0.2) is 24.5 Å². The van der Waals surface area contributed by atoms with Gasteiger partial charge in [-0.3, -0.25) is 4.79 Å². The summed E-state index contributed by atoms with van der Waals surface area (Å²) in [5, 5.41) is 2.57. The van der Waals surface area contributed by atoms with Crippen molar-refractivity contribution < 1.29 is 18.7 Å². The number of hydrogen-bond donors (Lipinski definition) is 2. The standard InChI is InChI=1S/C15H19FN2O3/c1-21-13(19)11-6-5-10(16)9-12(11)18-14(20)15(17)7-3-2-4-8-15/h5-6,9H,2-4,7-8,17H2,1H3,(H,18,20). The number of carbonyl (C=O) groups excluding carboxylic acids is 2. The molecule has 5 nitrogen and oxygen atoms in total. The molecule has 0 heterocycles. The molecule has 0 aliphatic heterocycles. The first-order valence-corrected chi connectivity index (χ1v) is 6.94. The number of ether oxygens (including phenoxy) is 1. The number of hydrogen-bond acceptors (Lipinski definition) is 4. The number of rotatable bonds is 3. The molecule has 0 unspecified atom stereocenters. The zero-order chi connectivity index (χ0) is 15.5. The molecule has 0 radical (unpaired) electrons. The summed E-state index contributed by atoms with van der Waals surface area (Å²) >= 11 is 0. The van der Waals surface area contributed by atoms with Gasteiger partial charge in [0.15, 0.2) is 0 Å². The number of nitrogens with one attached hydrogen (secondary N) is 1. The molecule has 1 amide bonds. The maximum atomic E-state index is 13.4. The van der Waals surface area contributed by atoms with Gasteiger partial charge in [-0.25, -0.2) is 9.18 Å². The molecule has 0 aromatic heterocycles. The van der Waals surface area contributed by atoms with E-state index in [-0.39, 0.29) is 11.3 Å². The molecule has 1 aliphatic rings. The average Bonchev–Trinajstić information content (AvgIpc) is 2.47. The minimum Gasteiger partial charge on any atom is -0.465 e. The Bertz CT molecular complexity index is 554. The van der Waals surface area contributed by atoms with Crippen LogP contribution in [-0.2, 0) is 9.53 Å². The molecular weight excluding hydrogens is 275 g/mol. The lowest BCUT2D eigenvalue weighted by molar-refractivity contribution is -0.122. The van der Waals surface area contributed by atoms with E-state index in [4.69, 9.17) is 5.73 Å². The molecule has 3 N–H and O–H groups in total. The smallest absolute Gasteiger partial charge is 0.339 e. The Morgan fingerprint density at radius 1 is 1.29 bits per heavy atom. The summed E-state index contributed by atoms with van der Waals surface area (Å²) in [6, 6.07) is 3.51. The molecule has 0 saturated heterocycles. The fourth-order valence-electron chi connectivity index (χ4n) is 2.56. The number of halogens is 1. The van der Waals surface area contributed by atoms with E-state index in [0.29, 0.717) is 12.8 Å². The molecule has 1 aromatic rings. The highest BCUT2D eigenvalue weighted by Crippen LogP contribution is 2.28. The number of benzene rings is 1. The Morgan fingerprint density at radius 3 is 2.57 bits per heavy atom. The number of anilines is 1. The molecule has 1 saturated carbocycles. The van der Waals surface area contributed by atoms with Crippen molar-refractivity contribution in [3.05, 3.63) is 29.6 Å². The summed E-state index contributed by atoms with van der Waals surface area (Å²) in [5.74, 6) is -1.58. The highest BCUT2D eigenvalue weighted by Gasteiger charge is 2.35. The van der Waals surface area contributed by atoms with Crippen molar-refractivity contribution in [1.82, 2.24) is 0 Å². The largest absolute Gasteiger partial charge is 0.465 e. The highest BCUT2D eigenvalue weighted by molar-refractivity contribution is 6.04. The van der Waals surface area contributed by atoms with Gasteiger partial charge >= 0.3 is 5.97 Å². The van der Waals surface area contributed by atoms with Crippen LogP contribution in [0.2, 0.25) is 0 Å². The van der Waals surface area contributed by atoms with Crippen LogP contribution in [0.4, 0.5) is 10.1 Å². The summed E-state index contributed by atoms with van der Waals surface area (Å²) in [4.78, 5) is 24.0. The Morgan fingerprint density at radius 2 is 1.95 bits per heavy atom. The molecule has 6 heteroatoms. The quantitative estimate of drug-likeness (QED) is 0.837. The van der Waals surface area contributed by atoms with E-state index in [0.717, 1.165) is 31.4 Å². The van der Waals surface area contributed by atoms with E-state index in [1.807, 2.05) is 0 Å². The van der Waals surface area contributed by atoms with Crippen molar-refractivity contribution in [3.63, 3.8) is 0 Å². The van der Waals surface area contributed by atoms with Crippen molar-refractivity contribution >= 4 is 17.6 Å². The van der Waals surface area contributed by atoms with Crippen LogP contribution in [0.25, 0.3) is 0 Å². The van der Waals surface area contributed by atoms with Gasteiger partial charge in [0, 0.05) is 0 Å². The van der Waals surface area contributed by atoms with E-state index >= 15 is 0 Å². The van der Waals surface area contributed by atoms with E-state index in [1.165, 1.54) is 13.2 Å². The van der Waals surface area contributed by atoms with Crippen LogP contribution in [0.3, 0.4) is 0 Å². The van der Waals surface area contributed by atoms with Crippen LogP contribution < -0.4 is 11.1 Å². The molecule has 0 bridgehead atoms. The number of esters is 1. The zero-order valence-electron chi connectivity index (χ0n) is 11.9. The van der Waals surface area contributed by atoms with Crippen LogP contribution in [0.1, 0.15) is 42.5 Å². The van der Waals surface area contributed by atoms with E-state index < -0.39 is 23.2 Å². The van der Waals surface area contributed by atoms with Gasteiger partial charge in [-0.05, 0) is 31.0 Å². The second-order valence-electron chi connectivity index (χ2n) is 5.35. The van der Waals surface area contributed by atoms with Gasteiger partial charge in [-0.2, -0.15) is 0 Å². The van der Waals surface area contributed by atoms with Crippen molar-refractivity contribution in [2.24, 2.45) is 5.73 Å². The number of nitrogens with two attached hydrogens (primary N) is 1. The molecule has 0 spiro atoms. The van der Waals surface area contributed by atoms with Gasteiger partial charge < -0.3 is 15.8 Å². The number of methoxy groups -OCH3 is 1. The van der Waals surface area contributed by atoms with Crippen LogP contribution in [0, 0.1) is 5.82 Å². The predicted octanol–water partition coefficient (Wildman–Crippen LogP) is 2.21. The van der Waals surface area contributed by atoms with Crippen LogP contribution in [0.5, 0.6) is 0 Å². The molecule has 0 atom stereocenters. The molecule has 1 aliphatic carbocycles. The number of carbonyl (C=O) groups is 2. The van der Waals surface area contributed by atoms with Crippen molar-refractivity contribution in [1.29, 1.82) is 0 Å². The first kappa shape index (κ1) is 15.4. The lowest BCUT2D eigenvalue weighted by Crippen LogP contribution is -2.52. The summed E-state index contributed by atoms with van der Waals surface area (Å²) < 4.78 is 18.0. The Hall–Kier alpha value is -1.95. The zero-order valence-corrected chi connectivity index (χ0v) is 11.9. The maximum absolute atomic E-state index is 13.4. The third-order valence-corrected chi connectivity index (χ3v) is 3.83. The molecule has 21 heavy (non-hydrogen) atoms. The SMILES string of the molecule is COC(=O)c1ccc(F)cc1NC(=O)C1(N)CCCCC1. The van der Waals surface area contributed by atoms with Crippen molar-refractivity contribution in [3.8, 4) is 0 Å². The Balaban J connectivity index is 2.24. The van der Waals surface area contributed by atoms with E-state index in [1.54, 1.807) is 0 Å². The summed E-state index contributed by atoms with van der Waals surface area (Å²) in [6.07, 6.45) is 4.00. The monoisotopic (exact) mass is 294 g/mol. The fraction of sp³-hybridized carbons (Fsp3) is 0.467. The van der Waals surface area contributed by atoms with Crippen LogP contribution >= 0.6 is 0 Å². The molecule has 114 valence electrons. The Kier molecular flexibility index (Phi) is 4.57. The Labute approximate surface area is 122 Å². The summed E-state index contributed by atoms with van der Waals surface area (Å²) in [7, 11) is 1.23. The van der Waals surface area contributed by atoms with Gasteiger partial charge in [0.25, 0.3) is 0 Å². The lowest BCUT2D eigenvalue weighted by Gasteiger charge is -2.32. The topological polar surface area (TPSA) is 81.4 Å². The van der Waals surface area contributed by atoms with E-state index in [9.17, 15) is 14.0 Å². The third kappa shape index (κ3) is 3.39. The van der Waals surface area contributed by atoms with E-state index in [2.05, 4.69) is 10.1 Å². The minimum absolute atomic E-state index is 0.0854. The molecule has 1 fully saturated rings. The molecule has 1 aromatic carbocycles. The average molecular weight is 294 g/mol. The molecule has 2 rings (SSSR count). The minimum atomic E-state index is -0.960. The van der Waals surface area contributed by atoms with Crippen molar-refractivity contribution in [2.45, 2.75) is 37.6 Å². The normalized spacial score (nSPS) is 17.1. The van der Waals surface area contributed by atoms with Gasteiger partial charge in [-0.1, -0.05) is 19.3 Å². The fourth-order valence-corrected chi connectivity index (χ4v) is 2.56. The lowest BCUT2D eigenvalue weighted by atomic mass is 9.82. The predicted molar refractivity (Wildman–Crippen MR) is 76.4 cm³/mol. The first-order chi connectivity index (χ1) is 9.96. The van der Waals surface area contributed by atoms with Crippen molar-refractivity contribution in [2.75, 3.05) is 12.4 Å². The number of amides is 1. The van der Waals surface area contributed by atoms with Gasteiger partial charge in [-0.15, -0.1) is 0 Å². The van der Waals surface area contributed by atoms with Gasteiger partial charge in [0.05, 0.1) is 23.9 Å². The summed E-state index contributed by atoms with van der Waals surface area (Å²) in [6.45, 7) is 0. The second kappa shape index (κ2) is 6.22. The van der Waals surface area contributed by atoms with Crippen LogP contribution in [0.15, 0.2) is 18.2 Å². The first-order valence-electron chi connectivity index (χ1n) is 6.94. The summed E-state index contributed by atoms with van der Waals surface area (Å²) in [5.41, 5.74) is 5.35. The maximum Gasteiger partial charge on any atom is 0.339 e. The van der Waals surface area contributed by atoms with Gasteiger partial charge in [0.2, 0.25) is 5.91 Å².